The number of rotatable bonds is 6. The lowest BCUT2D eigenvalue weighted by Crippen LogP contribution is -2.44. The van der Waals surface area contributed by atoms with Crippen molar-refractivity contribution in [3.8, 4) is 5.75 Å². The SMILES string of the molecule is CCN1c2cc(C)c(/C=C3/SC(=Nc4ccccc4)N(Cc4ccc(OC)cc4)C3=O)cc2C(C)=CC1(C)C. The lowest BCUT2D eigenvalue weighted by atomic mass is 9.87. The summed E-state index contributed by atoms with van der Waals surface area (Å²) in [6.07, 6.45) is 4.36. The van der Waals surface area contributed by atoms with Gasteiger partial charge in [-0.2, -0.15) is 0 Å². The van der Waals surface area contributed by atoms with E-state index in [1.54, 1.807) is 12.0 Å². The molecule has 0 N–H and O–H groups in total. The summed E-state index contributed by atoms with van der Waals surface area (Å²) in [5.41, 5.74) is 7.73. The predicted octanol–water partition coefficient (Wildman–Crippen LogP) is 7.83. The van der Waals surface area contributed by atoms with Crippen LogP contribution < -0.4 is 9.64 Å². The first-order chi connectivity index (χ1) is 18.7. The van der Waals surface area contributed by atoms with Crippen molar-refractivity contribution >= 4 is 45.9 Å². The lowest BCUT2D eigenvalue weighted by molar-refractivity contribution is -0.122. The van der Waals surface area contributed by atoms with Gasteiger partial charge in [0.25, 0.3) is 5.91 Å². The van der Waals surface area contributed by atoms with Crippen LogP contribution >= 0.6 is 11.8 Å². The zero-order valence-corrected chi connectivity index (χ0v) is 24.3. The lowest BCUT2D eigenvalue weighted by Gasteiger charge is -2.43. The molecule has 2 aliphatic heterocycles. The normalized spacial score (nSPS) is 18.5. The van der Waals surface area contributed by atoms with E-state index in [2.05, 4.69) is 57.7 Å². The molecule has 3 aromatic carbocycles. The van der Waals surface area contributed by atoms with Crippen LogP contribution in [0.2, 0.25) is 0 Å². The summed E-state index contributed by atoms with van der Waals surface area (Å²) in [5, 5.41) is 0.680. The number of amides is 1. The number of para-hydroxylation sites is 1. The van der Waals surface area contributed by atoms with Gasteiger partial charge in [0.2, 0.25) is 0 Å². The number of anilines is 1. The fourth-order valence-corrected chi connectivity index (χ4v) is 6.37. The van der Waals surface area contributed by atoms with Gasteiger partial charge in [0.15, 0.2) is 5.17 Å². The number of benzene rings is 3. The van der Waals surface area contributed by atoms with Crippen LogP contribution in [0.25, 0.3) is 11.6 Å². The molecule has 0 radical (unpaired) electrons. The fourth-order valence-electron chi connectivity index (χ4n) is 5.38. The Morgan fingerprint density at radius 3 is 2.41 bits per heavy atom. The second kappa shape index (κ2) is 10.8. The van der Waals surface area contributed by atoms with E-state index in [0.29, 0.717) is 16.6 Å². The van der Waals surface area contributed by atoms with Crippen LogP contribution in [0.5, 0.6) is 5.75 Å². The first-order valence-electron chi connectivity index (χ1n) is 13.3. The largest absolute Gasteiger partial charge is 0.497 e. The molecule has 1 fully saturated rings. The van der Waals surface area contributed by atoms with Gasteiger partial charge in [-0.05, 0) is 111 Å². The molecule has 5 rings (SSSR count). The van der Waals surface area contributed by atoms with Crippen LogP contribution in [-0.4, -0.2) is 35.2 Å². The molecule has 3 aromatic rings. The predicted molar refractivity (Wildman–Crippen MR) is 165 cm³/mol. The minimum atomic E-state index is -0.0414. The quantitative estimate of drug-likeness (QED) is 0.301. The number of thioether (sulfide) groups is 1. The highest BCUT2D eigenvalue weighted by Gasteiger charge is 2.34. The third-order valence-electron chi connectivity index (χ3n) is 7.34. The van der Waals surface area contributed by atoms with Gasteiger partial charge < -0.3 is 9.64 Å². The van der Waals surface area contributed by atoms with Crippen LogP contribution in [0.4, 0.5) is 11.4 Å². The van der Waals surface area contributed by atoms with Gasteiger partial charge in [-0.1, -0.05) is 36.4 Å². The second-order valence-corrected chi connectivity index (χ2v) is 11.5. The molecule has 2 aliphatic rings. The molecule has 5 nitrogen and oxygen atoms in total. The summed E-state index contributed by atoms with van der Waals surface area (Å²) < 4.78 is 5.30. The Morgan fingerprint density at radius 1 is 1.03 bits per heavy atom. The van der Waals surface area contributed by atoms with E-state index >= 15 is 0 Å². The summed E-state index contributed by atoms with van der Waals surface area (Å²) >= 11 is 1.43. The average Bonchev–Trinajstić information content (AvgIpc) is 3.19. The Morgan fingerprint density at radius 2 is 1.74 bits per heavy atom. The molecule has 2 heterocycles. The number of amidine groups is 1. The zero-order valence-electron chi connectivity index (χ0n) is 23.5. The van der Waals surface area contributed by atoms with E-state index < -0.39 is 0 Å². The number of likely N-dealkylation sites (N-methyl/N-ethyl adjacent to an activating group) is 1. The topological polar surface area (TPSA) is 45.1 Å². The number of carbonyl (C=O) groups excluding carboxylic acids is 1. The zero-order chi connectivity index (χ0) is 27.7. The Labute approximate surface area is 235 Å². The number of hydrogen-bond donors (Lipinski definition) is 0. The van der Waals surface area contributed by atoms with Crippen molar-refractivity contribution in [2.75, 3.05) is 18.6 Å². The highest BCUT2D eigenvalue weighted by Crippen LogP contribution is 2.42. The number of ether oxygens (including phenoxy) is 1. The Hall–Kier alpha value is -3.77. The summed E-state index contributed by atoms with van der Waals surface area (Å²) in [7, 11) is 1.65. The smallest absolute Gasteiger partial charge is 0.267 e. The number of fused-ring (bicyclic) bond motifs is 1. The molecule has 200 valence electrons. The minimum absolute atomic E-state index is 0.0359. The van der Waals surface area contributed by atoms with E-state index in [4.69, 9.17) is 9.73 Å². The van der Waals surface area contributed by atoms with Crippen molar-refractivity contribution in [2.24, 2.45) is 4.99 Å². The van der Waals surface area contributed by atoms with Crippen LogP contribution in [0.3, 0.4) is 0 Å². The van der Waals surface area contributed by atoms with Crippen molar-refractivity contribution in [3.63, 3.8) is 0 Å². The third-order valence-corrected chi connectivity index (χ3v) is 8.34. The molecule has 0 spiro atoms. The van der Waals surface area contributed by atoms with Gasteiger partial charge in [0.05, 0.1) is 29.8 Å². The molecule has 0 atom stereocenters. The summed E-state index contributed by atoms with van der Waals surface area (Å²) in [5.74, 6) is 0.753. The van der Waals surface area contributed by atoms with Crippen molar-refractivity contribution in [1.29, 1.82) is 0 Å². The van der Waals surface area contributed by atoms with Crippen LogP contribution in [0.15, 0.2) is 82.7 Å². The number of allylic oxidation sites excluding steroid dienone is 1. The van der Waals surface area contributed by atoms with Gasteiger partial charge in [-0.15, -0.1) is 0 Å². The van der Waals surface area contributed by atoms with E-state index in [1.165, 1.54) is 28.6 Å². The molecule has 0 aromatic heterocycles. The van der Waals surface area contributed by atoms with Gasteiger partial charge in [0.1, 0.15) is 5.75 Å². The van der Waals surface area contributed by atoms with E-state index in [1.807, 2.05) is 60.7 Å². The molecule has 0 unspecified atom stereocenters. The van der Waals surface area contributed by atoms with E-state index in [9.17, 15) is 4.79 Å². The number of aliphatic imine (C=N–C) groups is 1. The molecule has 1 saturated heterocycles. The maximum atomic E-state index is 13.8. The summed E-state index contributed by atoms with van der Waals surface area (Å²) in [6.45, 7) is 12.4. The molecule has 0 bridgehead atoms. The molecule has 1 amide bonds. The van der Waals surface area contributed by atoms with Crippen molar-refractivity contribution in [3.05, 3.63) is 100.0 Å². The third kappa shape index (κ3) is 5.39. The maximum Gasteiger partial charge on any atom is 0.267 e. The van der Waals surface area contributed by atoms with E-state index in [0.717, 1.165) is 34.7 Å². The molecule has 39 heavy (non-hydrogen) atoms. The molecule has 0 saturated carbocycles. The molecular weight excluding hydrogens is 502 g/mol. The number of aryl methyl sites for hydroxylation is 1. The molecule has 0 aliphatic carbocycles. The Kier molecular flexibility index (Phi) is 7.41. The summed E-state index contributed by atoms with van der Waals surface area (Å²) in [4.78, 5) is 23.5. The Balaban J connectivity index is 1.53. The number of methoxy groups -OCH3 is 1. The van der Waals surface area contributed by atoms with Crippen molar-refractivity contribution in [1.82, 2.24) is 4.90 Å². The highest BCUT2D eigenvalue weighted by molar-refractivity contribution is 8.18. The highest BCUT2D eigenvalue weighted by atomic mass is 32.2. The van der Waals surface area contributed by atoms with Crippen LogP contribution in [0, 0.1) is 6.92 Å². The molecule has 6 heteroatoms. The first-order valence-corrected chi connectivity index (χ1v) is 14.1. The van der Waals surface area contributed by atoms with Gasteiger partial charge in [0, 0.05) is 17.8 Å². The standard InChI is InChI=1S/C33H35N3O2S/c1-7-36-29-17-22(2)25(18-28(29)23(3)20-33(36,4)5)19-30-31(37)35(21-24-13-15-27(38-6)16-14-24)32(39-30)34-26-11-9-8-10-12-26/h8-20H,7,21H2,1-6H3/b30-19+,34-32?. The van der Waals surface area contributed by atoms with Crippen molar-refractivity contribution < 1.29 is 9.53 Å². The van der Waals surface area contributed by atoms with Crippen molar-refractivity contribution in [2.45, 2.75) is 46.7 Å². The van der Waals surface area contributed by atoms with E-state index in [-0.39, 0.29) is 11.4 Å². The van der Waals surface area contributed by atoms with Gasteiger partial charge in [-0.3, -0.25) is 9.69 Å². The Bertz CT molecular complexity index is 1490. The monoisotopic (exact) mass is 537 g/mol. The molecular formula is C33H35N3O2S. The summed E-state index contributed by atoms with van der Waals surface area (Å²) in [6, 6.07) is 22.1. The second-order valence-electron chi connectivity index (χ2n) is 10.5. The fraction of sp³-hybridized carbons (Fsp3) is 0.273. The average molecular weight is 538 g/mol. The van der Waals surface area contributed by atoms with Crippen LogP contribution in [-0.2, 0) is 11.3 Å². The number of nitrogens with zero attached hydrogens (tertiary/aromatic N) is 3. The minimum Gasteiger partial charge on any atom is -0.497 e. The van der Waals surface area contributed by atoms with Gasteiger partial charge in [-0.25, -0.2) is 4.99 Å². The van der Waals surface area contributed by atoms with Gasteiger partial charge >= 0.3 is 0 Å². The van der Waals surface area contributed by atoms with Crippen LogP contribution in [0.1, 0.15) is 49.9 Å². The maximum absolute atomic E-state index is 13.8. The number of carbonyl (C=O) groups is 1. The first kappa shape index (κ1) is 26.8. The number of hydrogen-bond acceptors (Lipinski definition) is 5.